The summed E-state index contributed by atoms with van der Waals surface area (Å²) < 4.78 is 5.94. The zero-order valence-electron chi connectivity index (χ0n) is 15.0. The van der Waals surface area contributed by atoms with Crippen molar-refractivity contribution in [3.63, 3.8) is 0 Å². The van der Waals surface area contributed by atoms with Crippen LogP contribution in [-0.2, 0) is 25.9 Å². The molecule has 0 spiro atoms. The van der Waals surface area contributed by atoms with Crippen LogP contribution in [0.1, 0.15) is 42.3 Å². The second-order valence-corrected chi connectivity index (χ2v) is 6.29. The van der Waals surface area contributed by atoms with E-state index < -0.39 is 0 Å². The maximum Gasteiger partial charge on any atom is 0.174 e. The molecule has 3 aromatic rings. The Hall–Kier alpha value is -2.89. The monoisotopic (exact) mass is 352 g/mol. The summed E-state index contributed by atoms with van der Waals surface area (Å²) in [6.45, 7) is 2.58. The van der Waals surface area contributed by atoms with E-state index in [0.717, 1.165) is 54.8 Å². The molecule has 1 aromatic heterocycles. The highest BCUT2D eigenvalue weighted by Crippen LogP contribution is 2.29. The number of hydrogen-bond acceptors (Lipinski definition) is 5. The number of nitrogens with zero attached hydrogens (tertiary/aromatic N) is 3. The number of phenols is 1. The van der Waals surface area contributed by atoms with Gasteiger partial charge in [-0.3, -0.25) is 0 Å². The first-order valence-electron chi connectivity index (χ1n) is 9.00. The number of nitrogens with one attached hydrogen (secondary N) is 1. The quantitative estimate of drug-likeness (QED) is 0.614. The van der Waals surface area contributed by atoms with Gasteiger partial charge >= 0.3 is 0 Å². The van der Waals surface area contributed by atoms with Crippen LogP contribution in [0, 0.1) is 0 Å². The molecule has 0 unspecified atom stereocenters. The lowest BCUT2D eigenvalue weighted by atomic mass is 10.1. The Balaban J connectivity index is 1.52. The molecule has 0 fully saturated rings. The Labute approximate surface area is 153 Å². The molecular weight excluding hydrogens is 328 g/mol. The van der Waals surface area contributed by atoms with E-state index in [9.17, 15) is 5.11 Å². The van der Waals surface area contributed by atoms with Crippen molar-refractivity contribution < 1.29 is 9.84 Å². The van der Waals surface area contributed by atoms with Crippen LogP contribution in [0.15, 0.2) is 42.5 Å². The van der Waals surface area contributed by atoms with Gasteiger partial charge in [0.2, 0.25) is 0 Å². The number of aromatic nitrogens is 4. The van der Waals surface area contributed by atoms with E-state index in [-0.39, 0.29) is 0 Å². The molecule has 0 aliphatic rings. The van der Waals surface area contributed by atoms with Crippen LogP contribution in [0.3, 0.4) is 0 Å². The van der Waals surface area contributed by atoms with Crippen molar-refractivity contribution in [2.24, 2.45) is 0 Å². The zero-order valence-corrected chi connectivity index (χ0v) is 15.0. The van der Waals surface area contributed by atoms with Gasteiger partial charge in [-0.25, -0.2) is 0 Å². The number of H-pyrrole nitrogens is 1. The third kappa shape index (κ3) is 4.81. The minimum absolute atomic E-state index is 0.307. The normalized spacial score (nSPS) is 10.8. The molecule has 0 aliphatic heterocycles. The molecule has 2 N–H and O–H groups in total. The lowest BCUT2D eigenvalue weighted by molar-refractivity contribution is 0.300. The Morgan fingerprint density at radius 1 is 1.00 bits per heavy atom. The minimum Gasteiger partial charge on any atom is -0.508 e. The van der Waals surface area contributed by atoms with Crippen molar-refractivity contribution >= 4 is 0 Å². The summed E-state index contributed by atoms with van der Waals surface area (Å²) >= 11 is 0. The van der Waals surface area contributed by atoms with Crippen LogP contribution in [0.4, 0.5) is 0 Å². The summed E-state index contributed by atoms with van der Waals surface area (Å²) in [5, 5.41) is 24.0. The average molecular weight is 352 g/mol. The number of ether oxygens (including phenoxy) is 1. The van der Waals surface area contributed by atoms with Crippen molar-refractivity contribution in [3.8, 4) is 11.5 Å². The Morgan fingerprint density at radius 2 is 1.81 bits per heavy atom. The molecular formula is C20H24N4O2. The van der Waals surface area contributed by atoms with Gasteiger partial charge < -0.3 is 9.84 Å². The van der Waals surface area contributed by atoms with E-state index in [1.807, 2.05) is 12.1 Å². The SMILES string of the molecule is CCCc1c(O)cccc1OCc1ccc(CCCc2nn[nH]n2)cc1. The number of benzene rings is 2. The molecule has 3 rings (SSSR count). The van der Waals surface area contributed by atoms with Crippen molar-refractivity contribution in [2.75, 3.05) is 0 Å². The molecule has 6 nitrogen and oxygen atoms in total. The summed E-state index contributed by atoms with van der Waals surface area (Å²) in [5.41, 5.74) is 3.27. The third-order valence-corrected chi connectivity index (χ3v) is 4.28. The molecule has 0 saturated heterocycles. The molecule has 0 amide bonds. The van der Waals surface area contributed by atoms with Crippen LogP contribution in [-0.4, -0.2) is 25.7 Å². The highest BCUT2D eigenvalue weighted by atomic mass is 16.5. The second-order valence-electron chi connectivity index (χ2n) is 6.29. The molecule has 2 aromatic carbocycles. The van der Waals surface area contributed by atoms with E-state index in [2.05, 4.69) is 51.8 Å². The van der Waals surface area contributed by atoms with Crippen molar-refractivity contribution in [3.05, 3.63) is 65.0 Å². The summed E-state index contributed by atoms with van der Waals surface area (Å²) in [6, 6.07) is 13.9. The lowest BCUT2D eigenvalue weighted by Gasteiger charge is -2.12. The summed E-state index contributed by atoms with van der Waals surface area (Å²) in [6.07, 6.45) is 4.55. The molecule has 6 heteroatoms. The highest BCUT2D eigenvalue weighted by Gasteiger charge is 2.08. The number of aryl methyl sites for hydroxylation is 2. The molecule has 0 radical (unpaired) electrons. The number of aromatic hydroxyl groups is 1. The number of rotatable bonds is 9. The van der Waals surface area contributed by atoms with E-state index >= 15 is 0 Å². The van der Waals surface area contributed by atoms with Crippen LogP contribution in [0.2, 0.25) is 0 Å². The standard InChI is InChI=1S/C20H24N4O2/c1-2-5-17-18(25)7-4-8-19(17)26-14-16-12-10-15(11-13-16)6-3-9-20-21-23-24-22-20/h4,7-8,10-13,25H,2-3,5-6,9,14H2,1H3,(H,21,22,23,24). The highest BCUT2D eigenvalue weighted by molar-refractivity contribution is 5.44. The van der Waals surface area contributed by atoms with Gasteiger partial charge in [-0.1, -0.05) is 48.9 Å². The first-order chi connectivity index (χ1) is 12.8. The van der Waals surface area contributed by atoms with Crippen LogP contribution in [0.25, 0.3) is 0 Å². The van der Waals surface area contributed by atoms with Gasteiger partial charge in [0.25, 0.3) is 0 Å². The van der Waals surface area contributed by atoms with Gasteiger partial charge in [-0.15, -0.1) is 10.2 Å². The molecule has 0 bridgehead atoms. The van der Waals surface area contributed by atoms with Gasteiger partial charge in [-0.05, 0) is 42.5 Å². The molecule has 136 valence electrons. The van der Waals surface area contributed by atoms with Gasteiger partial charge in [0, 0.05) is 12.0 Å². The Bertz CT molecular complexity index is 801. The summed E-state index contributed by atoms with van der Waals surface area (Å²) in [5.74, 6) is 1.82. The fourth-order valence-electron chi connectivity index (χ4n) is 2.89. The summed E-state index contributed by atoms with van der Waals surface area (Å²) in [7, 11) is 0. The van der Waals surface area contributed by atoms with Crippen molar-refractivity contribution in [1.82, 2.24) is 20.6 Å². The topological polar surface area (TPSA) is 83.9 Å². The largest absolute Gasteiger partial charge is 0.508 e. The van der Waals surface area contributed by atoms with Crippen LogP contribution < -0.4 is 4.74 Å². The van der Waals surface area contributed by atoms with Crippen molar-refractivity contribution in [1.29, 1.82) is 0 Å². The van der Waals surface area contributed by atoms with E-state index in [1.165, 1.54) is 5.56 Å². The number of hydrogen-bond donors (Lipinski definition) is 2. The first-order valence-corrected chi connectivity index (χ1v) is 9.00. The van der Waals surface area contributed by atoms with E-state index in [0.29, 0.717) is 12.4 Å². The predicted molar refractivity (Wildman–Crippen MR) is 99.1 cm³/mol. The fourth-order valence-corrected chi connectivity index (χ4v) is 2.89. The van der Waals surface area contributed by atoms with Gasteiger partial charge in [0.1, 0.15) is 18.1 Å². The maximum atomic E-state index is 10.0. The van der Waals surface area contributed by atoms with Crippen molar-refractivity contribution in [2.45, 2.75) is 45.6 Å². The van der Waals surface area contributed by atoms with Gasteiger partial charge in [-0.2, -0.15) is 5.21 Å². The second kappa shape index (κ2) is 8.99. The molecule has 0 saturated carbocycles. The van der Waals surface area contributed by atoms with Gasteiger partial charge in [0.15, 0.2) is 5.82 Å². The molecule has 1 heterocycles. The van der Waals surface area contributed by atoms with E-state index in [4.69, 9.17) is 4.74 Å². The first kappa shape index (κ1) is 17.9. The minimum atomic E-state index is 0.307. The van der Waals surface area contributed by atoms with E-state index in [1.54, 1.807) is 6.07 Å². The maximum absolute atomic E-state index is 10.0. The lowest BCUT2D eigenvalue weighted by Crippen LogP contribution is -1.99. The van der Waals surface area contributed by atoms with Crippen LogP contribution >= 0.6 is 0 Å². The molecule has 26 heavy (non-hydrogen) atoms. The molecule has 0 atom stereocenters. The number of tetrazole rings is 1. The van der Waals surface area contributed by atoms with Gasteiger partial charge in [0.05, 0.1) is 0 Å². The summed E-state index contributed by atoms with van der Waals surface area (Å²) in [4.78, 5) is 0. The Kier molecular flexibility index (Phi) is 6.19. The third-order valence-electron chi connectivity index (χ3n) is 4.28. The average Bonchev–Trinajstić information content (AvgIpc) is 3.17. The van der Waals surface area contributed by atoms with Crippen LogP contribution in [0.5, 0.6) is 11.5 Å². The Morgan fingerprint density at radius 3 is 2.54 bits per heavy atom. The zero-order chi connectivity index (χ0) is 18.2. The molecule has 0 aliphatic carbocycles. The number of phenolic OH excluding ortho intramolecular Hbond substituents is 1. The smallest absolute Gasteiger partial charge is 0.174 e. The number of aromatic amines is 1. The predicted octanol–water partition coefficient (Wildman–Crippen LogP) is 3.61. The fraction of sp³-hybridized carbons (Fsp3) is 0.350.